The van der Waals surface area contributed by atoms with Gasteiger partial charge in [-0.05, 0) is 29.5 Å². The first kappa shape index (κ1) is 19.3. The predicted molar refractivity (Wildman–Crippen MR) is 111 cm³/mol. The Morgan fingerprint density at radius 1 is 1.19 bits per heavy atom. The van der Waals surface area contributed by atoms with Crippen molar-refractivity contribution in [2.24, 2.45) is 0 Å². The molecule has 7 heteroatoms. The maximum absolute atomic E-state index is 12.4. The topological polar surface area (TPSA) is 62.3 Å². The van der Waals surface area contributed by atoms with E-state index in [0.717, 1.165) is 33.9 Å². The van der Waals surface area contributed by atoms with E-state index in [0.29, 0.717) is 0 Å². The average molecular weight is 400 g/mol. The van der Waals surface area contributed by atoms with Crippen molar-refractivity contribution >= 4 is 40.2 Å². The number of para-hydroxylation sites is 1. The largest absolute Gasteiger partial charge is 0.336 e. The fourth-order valence-electron chi connectivity index (χ4n) is 2.64. The molecule has 0 aliphatic heterocycles. The van der Waals surface area contributed by atoms with Crippen molar-refractivity contribution in [3.05, 3.63) is 57.7 Å². The first-order valence-corrected chi connectivity index (χ1v) is 10.5. The van der Waals surface area contributed by atoms with Crippen LogP contribution in [-0.4, -0.2) is 35.3 Å². The van der Waals surface area contributed by atoms with Crippen LogP contribution in [0.1, 0.15) is 18.2 Å². The zero-order chi connectivity index (χ0) is 19.2. The Kier molecular flexibility index (Phi) is 6.36. The van der Waals surface area contributed by atoms with E-state index in [1.807, 2.05) is 53.4 Å². The van der Waals surface area contributed by atoms with E-state index < -0.39 is 0 Å². The number of carbonyl (C=O) groups is 2. The van der Waals surface area contributed by atoms with Crippen molar-refractivity contribution in [3.63, 3.8) is 0 Å². The van der Waals surface area contributed by atoms with Gasteiger partial charge in [0.2, 0.25) is 11.8 Å². The minimum absolute atomic E-state index is 0.0123. The van der Waals surface area contributed by atoms with Crippen molar-refractivity contribution in [1.29, 1.82) is 0 Å². The van der Waals surface area contributed by atoms with Gasteiger partial charge in [-0.1, -0.05) is 25.1 Å². The Balaban J connectivity index is 1.55. The number of hydrogen-bond donors (Lipinski definition) is 1. The number of thiophene rings is 1. The molecule has 3 aromatic rings. The molecule has 0 atom stereocenters. The van der Waals surface area contributed by atoms with Crippen LogP contribution in [0, 0.1) is 0 Å². The zero-order valence-corrected chi connectivity index (χ0v) is 16.9. The first-order chi connectivity index (χ1) is 13.1. The van der Waals surface area contributed by atoms with Gasteiger partial charge in [0.05, 0.1) is 18.7 Å². The first-order valence-electron chi connectivity index (χ1n) is 8.65. The molecule has 0 aliphatic carbocycles. The monoisotopic (exact) mass is 399 g/mol. The summed E-state index contributed by atoms with van der Waals surface area (Å²) >= 11 is 3.15. The molecule has 140 valence electrons. The fraction of sp³-hybridized carbons (Fsp3) is 0.250. The summed E-state index contributed by atoms with van der Waals surface area (Å²) in [5, 5.41) is 9.74. The summed E-state index contributed by atoms with van der Waals surface area (Å²) in [5.41, 5.74) is 3.68. The van der Waals surface area contributed by atoms with E-state index in [1.54, 1.807) is 18.4 Å². The number of hydrogen-bond acceptors (Lipinski definition) is 5. The normalized spacial score (nSPS) is 10.6. The van der Waals surface area contributed by atoms with E-state index >= 15 is 0 Å². The van der Waals surface area contributed by atoms with Gasteiger partial charge in [-0.25, -0.2) is 4.98 Å². The molecule has 27 heavy (non-hydrogen) atoms. The minimum atomic E-state index is -0.205. The second kappa shape index (κ2) is 8.92. The van der Waals surface area contributed by atoms with E-state index in [2.05, 4.69) is 10.3 Å². The van der Waals surface area contributed by atoms with Gasteiger partial charge in [-0.15, -0.1) is 11.3 Å². The van der Waals surface area contributed by atoms with Crippen LogP contribution < -0.4 is 5.32 Å². The van der Waals surface area contributed by atoms with Gasteiger partial charge in [-0.3, -0.25) is 9.59 Å². The second-order valence-corrected chi connectivity index (χ2v) is 7.78. The number of aromatic nitrogens is 1. The summed E-state index contributed by atoms with van der Waals surface area (Å²) < 4.78 is 0. The number of likely N-dealkylation sites (N-methyl/N-ethyl adjacent to an activating group) is 1. The zero-order valence-electron chi connectivity index (χ0n) is 15.3. The summed E-state index contributed by atoms with van der Waals surface area (Å²) in [6.07, 6.45) is 1.03. The Bertz CT molecular complexity index is 919. The van der Waals surface area contributed by atoms with Crippen molar-refractivity contribution in [2.75, 3.05) is 18.9 Å². The molecular formula is C20H21N3O2S2. The SMILES string of the molecule is CCc1ccccc1NC(=O)CN(C)C(=O)Cc1csc(-c2ccsc2)n1. The van der Waals surface area contributed by atoms with Crippen molar-refractivity contribution < 1.29 is 9.59 Å². The smallest absolute Gasteiger partial charge is 0.243 e. The number of nitrogens with zero attached hydrogens (tertiary/aromatic N) is 2. The van der Waals surface area contributed by atoms with Crippen LogP contribution in [0.5, 0.6) is 0 Å². The van der Waals surface area contributed by atoms with Crippen LogP contribution >= 0.6 is 22.7 Å². The molecule has 0 spiro atoms. The van der Waals surface area contributed by atoms with Crippen LogP contribution in [-0.2, 0) is 22.4 Å². The van der Waals surface area contributed by atoms with Crippen LogP contribution in [0.4, 0.5) is 5.69 Å². The molecule has 2 aromatic heterocycles. The van der Waals surface area contributed by atoms with Crippen LogP contribution in [0.15, 0.2) is 46.5 Å². The van der Waals surface area contributed by atoms with Crippen LogP contribution in [0.2, 0.25) is 0 Å². The summed E-state index contributed by atoms with van der Waals surface area (Å²) in [6.45, 7) is 2.05. The van der Waals surface area contributed by atoms with E-state index in [-0.39, 0.29) is 24.8 Å². The van der Waals surface area contributed by atoms with Crippen molar-refractivity contribution in [1.82, 2.24) is 9.88 Å². The number of anilines is 1. The number of aryl methyl sites for hydroxylation is 1. The van der Waals surface area contributed by atoms with Gasteiger partial charge in [0.25, 0.3) is 0 Å². The van der Waals surface area contributed by atoms with Gasteiger partial charge in [0.1, 0.15) is 5.01 Å². The molecule has 3 rings (SSSR count). The Morgan fingerprint density at radius 3 is 2.74 bits per heavy atom. The average Bonchev–Trinajstić information content (AvgIpc) is 3.33. The molecule has 1 N–H and O–H groups in total. The molecule has 2 heterocycles. The Hall–Kier alpha value is -2.51. The van der Waals surface area contributed by atoms with Gasteiger partial charge in [0, 0.05) is 29.1 Å². The standard InChI is InChI=1S/C20H21N3O2S2/c1-3-14-6-4-5-7-17(14)22-18(24)11-23(2)19(25)10-16-13-27-20(21-16)15-8-9-26-12-15/h4-9,12-13H,3,10-11H2,1-2H3,(H,22,24). The van der Waals surface area contributed by atoms with Crippen LogP contribution in [0.25, 0.3) is 10.6 Å². The molecule has 0 unspecified atom stereocenters. The number of benzene rings is 1. The number of rotatable bonds is 7. The third kappa shape index (κ3) is 5.02. The lowest BCUT2D eigenvalue weighted by Crippen LogP contribution is -2.36. The highest BCUT2D eigenvalue weighted by Gasteiger charge is 2.16. The lowest BCUT2D eigenvalue weighted by molar-refractivity contribution is -0.132. The van der Waals surface area contributed by atoms with Gasteiger partial charge < -0.3 is 10.2 Å². The van der Waals surface area contributed by atoms with E-state index in [4.69, 9.17) is 0 Å². The highest BCUT2D eigenvalue weighted by atomic mass is 32.1. The molecule has 0 radical (unpaired) electrons. The summed E-state index contributed by atoms with van der Waals surface area (Å²) in [6, 6.07) is 9.70. The van der Waals surface area contributed by atoms with Gasteiger partial charge in [-0.2, -0.15) is 11.3 Å². The Labute approximate surface area is 166 Å². The number of nitrogens with one attached hydrogen (secondary N) is 1. The third-order valence-electron chi connectivity index (χ3n) is 4.13. The molecular weight excluding hydrogens is 378 g/mol. The van der Waals surface area contributed by atoms with Crippen molar-refractivity contribution in [2.45, 2.75) is 19.8 Å². The number of carbonyl (C=O) groups excluding carboxylic acids is 2. The maximum atomic E-state index is 12.4. The van der Waals surface area contributed by atoms with Crippen molar-refractivity contribution in [3.8, 4) is 10.6 Å². The minimum Gasteiger partial charge on any atom is -0.336 e. The summed E-state index contributed by atoms with van der Waals surface area (Å²) in [5.74, 6) is -0.333. The lowest BCUT2D eigenvalue weighted by atomic mass is 10.1. The highest BCUT2D eigenvalue weighted by Crippen LogP contribution is 2.26. The Morgan fingerprint density at radius 2 is 2.00 bits per heavy atom. The molecule has 0 fully saturated rings. The molecule has 5 nitrogen and oxygen atoms in total. The lowest BCUT2D eigenvalue weighted by Gasteiger charge is -2.17. The van der Waals surface area contributed by atoms with E-state index in [9.17, 15) is 9.59 Å². The summed E-state index contributed by atoms with van der Waals surface area (Å²) in [7, 11) is 1.64. The fourth-order valence-corrected chi connectivity index (χ4v) is 4.17. The number of thiazole rings is 1. The second-order valence-electron chi connectivity index (χ2n) is 6.14. The van der Waals surface area contributed by atoms with Gasteiger partial charge >= 0.3 is 0 Å². The predicted octanol–water partition coefficient (Wildman–Crippen LogP) is 4.07. The molecule has 1 aromatic carbocycles. The summed E-state index contributed by atoms with van der Waals surface area (Å²) in [4.78, 5) is 30.7. The van der Waals surface area contributed by atoms with Crippen LogP contribution in [0.3, 0.4) is 0 Å². The molecule has 0 saturated heterocycles. The molecule has 0 bridgehead atoms. The van der Waals surface area contributed by atoms with Gasteiger partial charge in [0.15, 0.2) is 0 Å². The third-order valence-corrected chi connectivity index (χ3v) is 5.75. The number of amides is 2. The van der Waals surface area contributed by atoms with E-state index in [1.165, 1.54) is 16.2 Å². The molecule has 0 aliphatic rings. The quantitative estimate of drug-likeness (QED) is 0.651. The molecule has 0 saturated carbocycles. The molecule has 2 amide bonds. The maximum Gasteiger partial charge on any atom is 0.243 e. The highest BCUT2D eigenvalue weighted by molar-refractivity contribution is 7.14.